The predicted molar refractivity (Wildman–Crippen MR) is 77.2 cm³/mol. The monoisotopic (exact) mass is 295 g/mol. The number of aliphatic carboxylic acids is 1. The molecule has 1 atom stereocenters. The number of carboxylic acid groups (broad SMARTS) is 1. The Bertz CT molecular complexity index is 499. The van der Waals surface area contributed by atoms with Gasteiger partial charge in [0, 0.05) is 6.54 Å². The van der Waals surface area contributed by atoms with E-state index in [4.69, 9.17) is 9.84 Å². The Hall–Kier alpha value is -2.08. The minimum Gasteiger partial charge on any atom is -0.493 e. The van der Waals surface area contributed by atoms with Gasteiger partial charge in [0.2, 0.25) is 5.91 Å². The molecule has 1 aromatic rings. The zero-order chi connectivity index (χ0) is 15.9. The molecule has 0 fully saturated rings. The predicted octanol–water partition coefficient (Wildman–Crippen LogP) is 1.11. The summed E-state index contributed by atoms with van der Waals surface area (Å²) in [5.41, 5.74) is -0.388. The highest BCUT2D eigenvalue weighted by atomic mass is 16.5. The molecule has 1 unspecified atom stereocenters. The van der Waals surface area contributed by atoms with Crippen LogP contribution in [0, 0.1) is 6.92 Å². The molecular weight excluding hydrogens is 274 g/mol. The maximum absolute atomic E-state index is 11.6. The van der Waals surface area contributed by atoms with E-state index in [-0.39, 0.29) is 25.5 Å². The van der Waals surface area contributed by atoms with Crippen molar-refractivity contribution in [1.82, 2.24) is 5.32 Å². The van der Waals surface area contributed by atoms with E-state index in [2.05, 4.69) is 5.32 Å². The summed E-state index contributed by atoms with van der Waals surface area (Å²) in [6.07, 6.45) is -0.288. The molecule has 3 N–H and O–H groups in total. The summed E-state index contributed by atoms with van der Waals surface area (Å²) >= 11 is 0. The van der Waals surface area contributed by atoms with Gasteiger partial charge in [0.25, 0.3) is 0 Å². The van der Waals surface area contributed by atoms with Crippen LogP contribution in [0.1, 0.15) is 25.3 Å². The van der Waals surface area contributed by atoms with Crippen molar-refractivity contribution < 1.29 is 24.5 Å². The highest BCUT2D eigenvalue weighted by Gasteiger charge is 2.24. The fourth-order valence-corrected chi connectivity index (χ4v) is 1.73. The normalized spacial score (nSPS) is 13.3. The average Bonchev–Trinajstić information content (AvgIpc) is 2.35. The Morgan fingerprint density at radius 1 is 1.38 bits per heavy atom. The number of aliphatic hydroxyl groups is 1. The Kier molecular flexibility index (Phi) is 6.17. The summed E-state index contributed by atoms with van der Waals surface area (Å²) in [6.45, 7) is 3.42. The van der Waals surface area contributed by atoms with Crippen LogP contribution in [-0.4, -0.2) is 40.8 Å². The van der Waals surface area contributed by atoms with Gasteiger partial charge in [0.1, 0.15) is 5.75 Å². The molecule has 1 amide bonds. The van der Waals surface area contributed by atoms with Gasteiger partial charge < -0.3 is 20.3 Å². The fourth-order valence-electron chi connectivity index (χ4n) is 1.73. The molecule has 0 saturated heterocycles. The van der Waals surface area contributed by atoms with E-state index in [0.29, 0.717) is 5.75 Å². The molecule has 0 radical (unpaired) electrons. The van der Waals surface area contributed by atoms with E-state index in [1.165, 1.54) is 6.92 Å². The van der Waals surface area contributed by atoms with E-state index >= 15 is 0 Å². The number of hydrogen-bond acceptors (Lipinski definition) is 4. The van der Waals surface area contributed by atoms with E-state index in [9.17, 15) is 14.7 Å². The third-order valence-corrected chi connectivity index (χ3v) is 2.79. The van der Waals surface area contributed by atoms with Gasteiger partial charge in [-0.05, 0) is 31.5 Å². The number of carbonyl (C=O) groups is 2. The number of amides is 1. The van der Waals surface area contributed by atoms with Gasteiger partial charge >= 0.3 is 5.97 Å². The van der Waals surface area contributed by atoms with Gasteiger partial charge in [0.05, 0.1) is 25.0 Å². The van der Waals surface area contributed by atoms with Crippen LogP contribution in [0.3, 0.4) is 0 Å². The second kappa shape index (κ2) is 7.64. The Morgan fingerprint density at radius 2 is 2.10 bits per heavy atom. The van der Waals surface area contributed by atoms with Crippen LogP contribution < -0.4 is 10.1 Å². The maximum Gasteiger partial charge on any atom is 0.306 e. The molecular formula is C15H21NO5. The summed E-state index contributed by atoms with van der Waals surface area (Å²) in [7, 11) is 0. The van der Waals surface area contributed by atoms with Crippen LogP contribution >= 0.6 is 0 Å². The smallest absolute Gasteiger partial charge is 0.306 e. The molecule has 0 saturated carbocycles. The van der Waals surface area contributed by atoms with Crippen molar-refractivity contribution in [3.63, 3.8) is 0 Å². The number of aryl methyl sites for hydroxylation is 1. The van der Waals surface area contributed by atoms with Crippen molar-refractivity contribution in [2.24, 2.45) is 0 Å². The lowest BCUT2D eigenvalue weighted by Crippen LogP contribution is -2.42. The number of carboxylic acids is 1. The molecule has 0 aliphatic rings. The van der Waals surface area contributed by atoms with Gasteiger partial charge in [-0.3, -0.25) is 9.59 Å². The third kappa shape index (κ3) is 7.31. The molecule has 6 heteroatoms. The average molecular weight is 295 g/mol. The van der Waals surface area contributed by atoms with Crippen LogP contribution in [0.25, 0.3) is 0 Å². The van der Waals surface area contributed by atoms with Gasteiger partial charge in [-0.2, -0.15) is 0 Å². The Balaban J connectivity index is 2.27. The summed E-state index contributed by atoms with van der Waals surface area (Å²) < 4.78 is 5.44. The van der Waals surface area contributed by atoms with E-state index < -0.39 is 18.0 Å². The Labute approximate surface area is 123 Å². The van der Waals surface area contributed by atoms with Gasteiger partial charge in [-0.25, -0.2) is 0 Å². The molecule has 0 aliphatic carbocycles. The summed E-state index contributed by atoms with van der Waals surface area (Å²) in [5.74, 6) is -0.717. The highest BCUT2D eigenvalue weighted by Crippen LogP contribution is 2.12. The molecule has 116 valence electrons. The number of hydrogen-bond donors (Lipinski definition) is 3. The quantitative estimate of drug-likeness (QED) is 0.667. The fraction of sp³-hybridized carbons (Fsp3) is 0.467. The van der Waals surface area contributed by atoms with Crippen LogP contribution in [0.2, 0.25) is 0 Å². The van der Waals surface area contributed by atoms with E-state index in [1.54, 1.807) is 0 Å². The van der Waals surface area contributed by atoms with Crippen molar-refractivity contribution >= 4 is 11.9 Å². The maximum atomic E-state index is 11.6. The second-order valence-electron chi connectivity index (χ2n) is 5.26. The molecule has 0 spiro atoms. The number of ether oxygens (including phenoxy) is 1. The minimum atomic E-state index is -1.46. The summed E-state index contributed by atoms with van der Waals surface area (Å²) in [6, 6.07) is 7.50. The third-order valence-electron chi connectivity index (χ3n) is 2.79. The minimum absolute atomic E-state index is 0.109. The number of rotatable bonds is 8. The molecule has 6 nitrogen and oxygen atoms in total. The first-order valence-corrected chi connectivity index (χ1v) is 6.69. The van der Waals surface area contributed by atoms with Crippen LogP contribution in [0.5, 0.6) is 5.75 Å². The zero-order valence-electron chi connectivity index (χ0n) is 12.3. The summed E-state index contributed by atoms with van der Waals surface area (Å²) in [5, 5.41) is 20.8. The van der Waals surface area contributed by atoms with Crippen molar-refractivity contribution in [1.29, 1.82) is 0 Å². The molecule has 1 rings (SSSR count). The first-order valence-electron chi connectivity index (χ1n) is 6.69. The zero-order valence-corrected chi connectivity index (χ0v) is 12.3. The van der Waals surface area contributed by atoms with Crippen molar-refractivity contribution in [3.8, 4) is 5.75 Å². The standard InChI is InChI=1S/C15H21NO5/c1-11-4-3-5-12(8-11)21-7-6-13(17)16-10-15(2,20)9-14(18)19/h3-5,8,20H,6-7,9-10H2,1-2H3,(H,16,17)(H,18,19). The van der Waals surface area contributed by atoms with Crippen molar-refractivity contribution in [2.45, 2.75) is 32.3 Å². The second-order valence-corrected chi connectivity index (χ2v) is 5.26. The molecule has 21 heavy (non-hydrogen) atoms. The summed E-state index contributed by atoms with van der Waals surface area (Å²) in [4.78, 5) is 22.1. The van der Waals surface area contributed by atoms with Gasteiger partial charge in [0.15, 0.2) is 0 Å². The molecule has 0 aliphatic heterocycles. The molecule has 0 heterocycles. The molecule has 0 bridgehead atoms. The lowest BCUT2D eigenvalue weighted by atomic mass is 10.0. The van der Waals surface area contributed by atoms with Gasteiger partial charge in [-0.15, -0.1) is 0 Å². The van der Waals surface area contributed by atoms with Crippen molar-refractivity contribution in [3.05, 3.63) is 29.8 Å². The van der Waals surface area contributed by atoms with E-state index in [1.807, 2.05) is 31.2 Å². The Morgan fingerprint density at radius 3 is 2.71 bits per heavy atom. The first kappa shape index (κ1) is 17.0. The molecule has 1 aromatic carbocycles. The van der Waals surface area contributed by atoms with Crippen molar-refractivity contribution in [2.75, 3.05) is 13.2 Å². The highest BCUT2D eigenvalue weighted by molar-refractivity contribution is 5.76. The number of benzene rings is 1. The van der Waals surface area contributed by atoms with E-state index in [0.717, 1.165) is 5.56 Å². The van der Waals surface area contributed by atoms with Crippen LogP contribution in [-0.2, 0) is 9.59 Å². The first-order chi connectivity index (χ1) is 9.78. The lowest BCUT2D eigenvalue weighted by molar-refractivity contribution is -0.142. The number of nitrogens with one attached hydrogen (secondary N) is 1. The molecule has 0 aromatic heterocycles. The van der Waals surface area contributed by atoms with Gasteiger partial charge in [-0.1, -0.05) is 12.1 Å². The lowest BCUT2D eigenvalue weighted by Gasteiger charge is -2.21. The van der Waals surface area contributed by atoms with Crippen LogP contribution in [0.4, 0.5) is 0 Å². The van der Waals surface area contributed by atoms with Crippen LogP contribution in [0.15, 0.2) is 24.3 Å². The SMILES string of the molecule is Cc1cccc(OCCC(=O)NCC(C)(O)CC(=O)O)c1. The topological polar surface area (TPSA) is 95.9 Å². The largest absolute Gasteiger partial charge is 0.493 e. The number of carbonyl (C=O) groups excluding carboxylic acids is 1.